The van der Waals surface area contributed by atoms with Crippen molar-refractivity contribution in [2.24, 2.45) is 17.3 Å². The van der Waals surface area contributed by atoms with Crippen LogP contribution in [0.1, 0.15) is 62.5 Å². The molecule has 3 aliphatic rings. The summed E-state index contributed by atoms with van der Waals surface area (Å²) in [6.45, 7) is 2.33. The van der Waals surface area contributed by atoms with Crippen LogP contribution < -0.4 is 15.1 Å². The van der Waals surface area contributed by atoms with Crippen LogP contribution in [-0.4, -0.2) is 46.2 Å². The maximum atomic E-state index is 14.6. The lowest BCUT2D eigenvalue weighted by Gasteiger charge is -2.29. The molecule has 2 aliphatic heterocycles. The Morgan fingerprint density at radius 1 is 1.06 bits per heavy atom. The highest BCUT2D eigenvalue weighted by Gasteiger charge is 2.61. The Kier molecular flexibility index (Phi) is 10.2. The van der Waals surface area contributed by atoms with Crippen molar-refractivity contribution in [1.82, 2.24) is 15.4 Å². The molecule has 8 nitrogen and oxygen atoms in total. The van der Waals surface area contributed by atoms with E-state index >= 15 is 0 Å². The lowest BCUT2D eigenvalue weighted by molar-refractivity contribution is -0.143. The van der Waals surface area contributed by atoms with E-state index in [4.69, 9.17) is 21.2 Å². The fourth-order valence-electron chi connectivity index (χ4n) is 7.52. The van der Waals surface area contributed by atoms with E-state index in [1.807, 2.05) is 36.4 Å². The standard InChI is InChI=1S/C40H42ClN3O5S/c1-26-11-10-12-27(19-26)20-28-13-6-3-2-4-7-14-29-23-40(29,38(47)43-49-31-15-8-5-9-16-31)24-35(45)34-22-32(25-44(34)37(28)46)48-39-42-33-18-17-30(41)21-36(33)50-39/h5,7-12,14-19,21,28-29,32,34H,2-4,6,13,20,22-25H2,1H3,(H,43,47)/b14-7-/t28-,29+,32-,34+,40-/m1/s1. The van der Waals surface area contributed by atoms with Gasteiger partial charge in [0.15, 0.2) is 11.5 Å². The lowest BCUT2D eigenvalue weighted by Crippen LogP contribution is -2.46. The van der Waals surface area contributed by atoms with Gasteiger partial charge in [0.25, 0.3) is 11.1 Å². The number of rotatable bonds is 7. The summed E-state index contributed by atoms with van der Waals surface area (Å²) in [4.78, 5) is 54.9. The predicted molar refractivity (Wildman–Crippen MR) is 195 cm³/mol. The van der Waals surface area contributed by atoms with E-state index in [-0.39, 0.29) is 42.4 Å². The third-order valence-electron chi connectivity index (χ3n) is 10.3. The normalized spacial score (nSPS) is 26.3. The molecule has 4 aromatic rings. The van der Waals surface area contributed by atoms with Crippen LogP contribution in [0.25, 0.3) is 10.2 Å². The minimum absolute atomic E-state index is 0.00927. The number of carbonyl (C=O) groups excluding carboxylic acids is 3. The Morgan fingerprint density at radius 3 is 2.76 bits per heavy atom. The van der Waals surface area contributed by atoms with Gasteiger partial charge in [-0.05, 0) is 80.8 Å². The van der Waals surface area contributed by atoms with Crippen molar-refractivity contribution >= 4 is 50.8 Å². The van der Waals surface area contributed by atoms with E-state index in [0.717, 1.165) is 53.4 Å². The maximum absolute atomic E-state index is 14.6. The molecule has 0 radical (unpaired) electrons. The minimum Gasteiger partial charge on any atom is -0.465 e. The fraction of sp³-hybridized carbons (Fsp3) is 0.400. The van der Waals surface area contributed by atoms with Crippen LogP contribution in [0.15, 0.2) is 84.9 Å². The molecule has 3 heterocycles. The Bertz CT molecular complexity index is 1900. The number of carbonyl (C=O) groups is 3. The molecule has 10 heteroatoms. The van der Waals surface area contributed by atoms with Crippen LogP contribution in [0.3, 0.4) is 0 Å². The van der Waals surface area contributed by atoms with Gasteiger partial charge < -0.3 is 14.5 Å². The highest BCUT2D eigenvalue weighted by Crippen LogP contribution is 2.57. The van der Waals surface area contributed by atoms with Crippen LogP contribution in [-0.2, 0) is 20.8 Å². The van der Waals surface area contributed by atoms with Crippen LogP contribution in [0, 0.1) is 24.2 Å². The molecule has 260 valence electrons. The van der Waals surface area contributed by atoms with Gasteiger partial charge in [-0.2, -0.15) is 5.48 Å². The zero-order chi connectivity index (χ0) is 34.7. The molecule has 1 saturated carbocycles. The summed E-state index contributed by atoms with van der Waals surface area (Å²) in [6, 6.07) is 22.2. The Hall–Kier alpha value is -4.21. The third kappa shape index (κ3) is 7.74. The van der Waals surface area contributed by atoms with E-state index in [1.165, 1.54) is 11.3 Å². The SMILES string of the molecule is Cc1cccc(C[C@H]2CCCCC/C=C\[C@H]3C[C@@]3(C(=O)NOc3ccccc3)CC(=O)[C@@H]3C[C@@H](Oc4nc5ccc(Cl)cc5s4)CN3C2=O)c1. The number of amides is 2. The number of aromatic nitrogens is 1. The van der Waals surface area contributed by atoms with Crippen molar-refractivity contribution in [2.45, 2.75) is 76.9 Å². The molecule has 1 aromatic heterocycles. The first-order chi connectivity index (χ1) is 24.3. The van der Waals surface area contributed by atoms with Crippen LogP contribution in [0.5, 0.6) is 10.9 Å². The van der Waals surface area contributed by atoms with E-state index < -0.39 is 17.6 Å². The predicted octanol–water partition coefficient (Wildman–Crippen LogP) is 8.06. The number of hydrogen-bond donors (Lipinski definition) is 1. The number of nitrogens with one attached hydrogen (secondary N) is 1. The number of ketones is 1. The molecule has 1 saturated heterocycles. The quantitative estimate of drug-likeness (QED) is 0.154. The third-order valence-corrected chi connectivity index (χ3v) is 11.4. The number of thiazole rings is 1. The first-order valence-electron chi connectivity index (χ1n) is 17.6. The second kappa shape index (κ2) is 15.0. The molecule has 0 unspecified atom stereocenters. The highest BCUT2D eigenvalue weighted by molar-refractivity contribution is 7.20. The van der Waals surface area contributed by atoms with Crippen LogP contribution >= 0.6 is 22.9 Å². The zero-order valence-electron chi connectivity index (χ0n) is 28.2. The Labute approximate surface area is 301 Å². The molecule has 0 bridgehead atoms. The van der Waals surface area contributed by atoms with Crippen molar-refractivity contribution in [1.29, 1.82) is 0 Å². The van der Waals surface area contributed by atoms with E-state index in [2.05, 4.69) is 47.7 Å². The van der Waals surface area contributed by atoms with Crippen molar-refractivity contribution in [3.63, 3.8) is 0 Å². The summed E-state index contributed by atoms with van der Waals surface area (Å²) in [7, 11) is 0. The topological polar surface area (TPSA) is 97.8 Å². The summed E-state index contributed by atoms with van der Waals surface area (Å²) >= 11 is 7.62. The van der Waals surface area contributed by atoms with Gasteiger partial charge in [-0.1, -0.05) is 96.0 Å². The number of allylic oxidation sites excluding steroid dienone is 2. The van der Waals surface area contributed by atoms with Crippen molar-refractivity contribution in [3.8, 4) is 10.9 Å². The average molecular weight is 712 g/mol. The lowest BCUT2D eigenvalue weighted by atomic mass is 9.89. The van der Waals surface area contributed by atoms with Gasteiger partial charge in [-0.25, -0.2) is 4.98 Å². The minimum atomic E-state index is -0.941. The molecule has 0 spiro atoms. The van der Waals surface area contributed by atoms with E-state index in [9.17, 15) is 14.4 Å². The molecule has 3 aromatic carbocycles. The molecular weight excluding hydrogens is 670 g/mol. The number of hydrogen-bond acceptors (Lipinski definition) is 7. The summed E-state index contributed by atoms with van der Waals surface area (Å²) in [5.74, 6) is -0.326. The number of aryl methyl sites for hydroxylation is 1. The molecule has 2 amide bonds. The number of hydroxylamine groups is 1. The van der Waals surface area contributed by atoms with Crippen molar-refractivity contribution in [2.75, 3.05) is 6.54 Å². The van der Waals surface area contributed by atoms with Gasteiger partial charge in [0, 0.05) is 23.8 Å². The highest BCUT2D eigenvalue weighted by atomic mass is 35.5. The average Bonchev–Trinajstić information content (AvgIpc) is 3.40. The largest absolute Gasteiger partial charge is 0.465 e. The van der Waals surface area contributed by atoms with Crippen molar-refractivity contribution in [3.05, 3.63) is 101 Å². The maximum Gasteiger partial charge on any atom is 0.274 e. The van der Waals surface area contributed by atoms with Crippen LogP contribution in [0.4, 0.5) is 0 Å². The summed E-state index contributed by atoms with van der Waals surface area (Å²) < 4.78 is 7.32. The van der Waals surface area contributed by atoms with Gasteiger partial charge in [0.1, 0.15) is 6.10 Å². The monoisotopic (exact) mass is 711 g/mol. The van der Waals surface area contributed by atoms with Gasteiger partial charge in [0.2, 0.25) is 5.91 Å². The Morgan fingerprint density at radius 2 is 1.92 bits per heavy atom. The second-order valence-electron chi connectivity index (χ2n) is 14.0. The van der Waals surface area contributed by atoms with E-state index in [1.54, 1.807) is 23.1 Å². The number of para-hydroxylation sites is 1. The summed E-state index contributed by atoms with van der Waals surface area (Å²) in [5.41, 5.74) is 4.74. The molecule has 50 heavy (non-hydrogen) atoms. The first kappa shape index (κ1) is 34.2. The summed E-state index contributed by atoms with van der Waals surface area (Å²) in [5, 5.41) is 1.10. The van der Waals surface area contributed by atoms with Gasteiger partial charge in [0.05, 0.1) is 28.2 Å². The fourth-order valence-corrected chi connectivity index (χ4v) is 8.67. The van der Waals surface area contributed by atoms with Gasteiger partial charge in [-0.3, -0.25) is 14.4 Å². The second-order valence-corrected chi connectivity index (χ2v) is 15.4. The first-order valence-corrected chi connectivity index (χ1v) is 18.8. The molecule has 5 atom stereocenters. The molecule has 7 rings (SSSR count). The Balaban J connectivity index is 1.16. The van der Waals surface area contributed by atoms with Gasteiger partial charge in [-0.15, -0.1) is 0 Å². The van der Waals surface area contributed by atoms with Crippen LogP contribution in [0.2, 0.25) is 5.02 Å². The number of halogens is 1. The molecule has 1 aliphatic carbocycles. The molecule has 2 fully saturated rings. The van der Waals surface area contributed by atoms with Crippen molar-refractivity contribution < 1.29 is 24.0 Å². The molecule has 1 N–H and O–H groups in total. The smallest absolute Gasteiger partial charge is 0.274 e. The molecular formula is C40H42ClN3O5S. The summed E-state index contributed by atoms with van der Waals surface area (Å²) in [6.07, 6.45) is 9.86. The van der Waals surface area contributed by atoms with E-state index in [0.29, 0.717) is 35.2 Å². The zero-order valence-corrected chi connectivity index (χ0v) is 29.8. The number of nitrogens with zero attached hydrogens (tertiary/aromatic N) is 2. The number of fused-ring (bicyclic) bond motifs is 3. The van der Waals surface area contributed by atoms with Gasteiger partial charge >= 0.3 is 0 Å². The number of Topliss-reactive ketones (excluding diaryl/α,β-unsaturated/α-hetero) is 1. The number of ether oxygens (including phenoxy) is 1. The number of benzene rings is 3.